The fraction of sp³-hybridized carbons (Fsp3) is 0.0938. The minimum Gasteiger partial charge on any atom is -0.497 e. The van der Waals surface area contributed by atoms with E-state index in [1.165, 1.54) is 44.2 Å². The lowest BCUT2D eigenvalue weighted by molar-refractivity contribution is -0.114. The Morgan fingerprint density at radius 1 is 0.806 bits per heavy atom. The molecule has 1 aliphatic rings. The average molecular weight is 488 g/mol. The van der Waals surface area contributed by atoms with Crippen LogP contribution in [0.15, 0.2) is 109 Å². The zero-order valence-corrected chi connectivity index (χ0v) is 20.9. The van der Waals surface area contributed by atoms with Gasteiger partial charge in [-0.25, -0.2) is 0 Å². The number of hydrogen-bond donors (Lipinski definition) is 1. The zero-order chi connectivity index (χ0) is 24.7. The third kappa shape index (κ3) is 3.53. The van der Waals surface area contributed by atoms with Crippen LogP contribution in [-0.4, -0.2) is 13.0 Å². The minimum absolute atomic E-state index is 0.0742. The summed E-state index contributed by atoms with van der Waals surface area (Å²) in [5.74, 6) is 0.769. The molecular weight excluding hydrogens is 462 g/mol. The van der Waals surface area contributed by atoms with Gasteiger partial charge in [0.05, 0.1) is 12.5 Å². The molecule has 1 atom stereocenters. The van der Waals surface area contributed by atoms with Crippen LogP contribution in [0.5, 0.6) is 5.75 Å². The van der Waals surface area contributed by atoms with Crippen LogP contribution in [0.4, 0.5) is 5.69 Å². The molecule has 1 aromatic heterocycles. The molecular formula is C32H25NO2S. The molecule has 1 N–H and O–H groups in total. The molecule has 36 heavy (non-hydrogen) atoms. The van der Waals surface area contributed by atoms with Gasteiger partial charge in [-0.1, -0.05) is 78.9 Å². The van der Waals surface area contributed by atoms with Gasteiger partial charge in [0.25, 0.3) is 0 Å². The SMILES string of the molecule is COc1ccc(C2=CC(c3ccccc3)(c3ccc(NC(C)=O)cc3)c3sc4ccccc4c32)cc1. The molecule has 5 aromatic rings. The van der Waals surface area contributed by atoms with Crippen LogP contribution in [0.1, 0.15) is 34.1 Å². The summed E-state index contributed by atoms with van der Waals surface area (Å²) in [6.45, 7) is 1.53. The first-order valence-electron chi connectivity index (χ1n) is 11.9. The van der Waals surface area contributed by atoms with Crippen LogP contribution >= 0.6 is 11.3 Å². The maximum atomic E-state index is 11.6. The number of ether oxygens (including phenoxy) is 1. The van der Waals surface area contributed by atoms with Crippen molar-refractivity contribution in [3.8, 4) is 5.75 Å². The summed E-state index contributed by atoms with van der Waals surface area (Å²) >= 11 is 1.86. The lowest BCUT2D eigenvalue weighted by atomic mass is 9.74. The fourth-order valence-corrected chi connectivity index (χ4v) is 6.68. The lowest BCUT2D eigenvalue weighted by Gasteiger charge is -2.29. The van der Waals surface area contributed by atoms with E-state index in [1.54, 1.807) is 7.11 Å². The first-order valence-corrected chi connectivity index (χ1v) is 12.7. The molecule has 0 spiro atoms. The molecule has 1 amide bonds. The van der Waals surface area contributed by atoms with E-state index in [0.717, 1.165) is 17.0 Å². The molecule has 4 aromatic carbocycles. The highest BCUT2D eigenvalue weighted by molar-refractivity contribution is 7.19. The van der Waals surface area contributed by atoms with Crippen molar-refractivity contribution in [2.24, 2.45) is 0 Å². The predicted molar refractivity (Wildman–Crippen MR) is 149 cm³/mol. The van der Waals surface area contributed by atoms with E-state index in [9.17, 15) is 4.79 Å². The van der Waals surface area contributed by atoms with Crippen molar-refractivity contribution in [1.82, 2.24) is 0 Å². The second-order valence-corrected chi connectivity index (χ2v) is 10.1. The van der Waals surface area contributed by atoms with Crippen LogP contribution < -0.4 is 10.1 Å². The van der Waals surface area contributed by atoms with Crippen molar-refractivity contribution in [3.05, 3.63) is 136 Å². The van der Waals surface area contributed by atoms with Crippen LogP contribution in [0, 0.1) is 0 Å². The van der Waals surface area contributed by atoms with Crippen molar-refractivity contribution < 1.29 is 9.53 Å². The average Bonchev–Trinajstić information content (AvgIpc) is 3.46. The van der Waals surface area contributed by atoms with Crippen molar-refractivity contribution in [2.75, 3.05) is 12.4 Å². The summed E-state index contributed by atoms with van der Waals surface area (Å²) < 4.78 is 6.70. The van der Waals surface area contributed by atoms with Gasteiger partial charge in [-0.15, -0.1) is 11.3 Å². The van der Waals surface area contributed by atoms with Gasteiger partial charge in [-0.2, -0.15) is 0 Å². The predicted octanol–water partition coefficient (Wildman–Crippen LogP) is 7.65. The van der Waals surface area contributed by atoms with Gasteiger partial charge < -0.3 is 10.1 Å². The smallest absolute Gasteiger partial charge is 0.221 e. The van der Waals surface area contributed by atoms with Gasteiger partial charge in [-0.05, 0) is 52.6 Å². The number of carbonyl (C=O) groups is 1. The molecule has 0 saturated heterocycles. The van der Waals surface area contributed by atoms with E-state index in [4.69, 9.17) is 4.74 Å². The Labute approximate surface area is 214 Å². The molecule has 4 heteroatoms. The van der Waals surface area contributed by atoms with E-state index in [2.05, 4.69) is 90.3 Å². The summed E-state index contributed by atoms with van der Waals surface area (Å²) in [5, 5.41) is 4.17. The number of carbonyl (C=O) groups excluding carboxylic acids is 1. The number of fused-ring (bicyclic) bond motifs is 3. The highest BCUT2D eigenvalue weighted by Crippen LogP contribution is 2.56. The third-order valence-corrected chi connectivity index (χ3v) is 8.18. The number of thiophene rings is 1. The van der Waals surface area contributed by atoms with Gasteiger partial charge in [-0.3, -0.25) is 4.79 Å². The molecule has 1 aliphatic carbocycles. The van der Waals surface area contributed by atoms with Gasteiger partial charge in [0.15, 0.2) is 0 Å². The Hall–Kier alpha value is -4.15. The van der Waals surface area contributed by atoms with Crippen LogP contribution in [-0.2, 0) is 10.2 Å². The van der Waals surface area contributed by atoms with E-state index in [-0.39, 0.29) is 5.91 Å². The van der Waals surface area contributed by atoms with Crippen LogP contribution in [0.25, 0.3) is 15.7 Å². The number of hydrogen-bond acceptors (Lipinski definition) is 3. The quantitative estimate of drug-likeness (QED) is 0.276. The topological polar surface area (TPSA) is 38.3 Å². The Morgan fingerprint density at radius 2 is 1.47 bits per heavy atom. The van der Waals surface area contributed by atoms with Crippen molar-refractivity contribution in [2.45, 2.75) is 12.3 Å². The molecule has 0 fully saturated rings. The number of amides is 1. The van der Waals surface area contributed by atoms with Gasteiger partial charge in [0.1, 0.15) is 5.75 Å². The zero-order valence-electron chi connectivity index (χ0n) is 20.1. The number of methoxy groups -OCH3 is 1. The Balaban J connectivity index is 1.66. The van der Waals surface area contributed by atoms with Crippen molar-refractivity contribution >= 4 is 38.6 Å². The number of rotatable bonds is 5. The highest BCUT2D eigenvalue weighted by Gasteiger charge is 2.44. The normalized spacial score (nSPS) is 16.4. The van der Waals surface area contributed by atoms with Crippen LogP contribution in [0.2, 0.25) is 0 Å². The monoisotopic (exact) mass is 487 g/mol. The summed E-state index contributed by atoms with van der Waals surface area (Å²) in [6.07, 6.45) is 2.42. The highest BCUT2D eigenvalue weighted by atomic mass is 32.1. The van der Waals surface area contributed by atoms with E-state index in [1.807, 2.05) is 35.6 Å². The van der Waals surface area contributed by atoms with Gasteiger partial charge in [0.2, 0.25) is 5.91 Å². The molecule has 176 valence electrons. The van der Waals surface area contributed by atoms with Crippen molar-refractivity contribution in [3.63, 3.8) is 0 Å². The molecule has 0 radical (unpaired) electrons. The molecule has 0 aliphatic heterocycles. The molecule has 0 bridgehead atoms. The fourth-order valence-electron chi connectivity index (χ4n) is 5.26. The summed E-state index contributed by atoms with van der Waals surface area (Å²) in [5.41, 5.74) is 6.39. The summed E-state index contributed by atoms with van der Waals surface area (Å²) in [4.78, 5) is 12.9. The number of nitrogens with one attached hydrogen (secondary N) is 1. The maximum absolute atomic E-state index is 11.6. The number of anilines is 1. The minimum atomic E-state index is -0.454. The largest absolute Gasteiger partial charge is 0.497 e. The first-order chi connectivity index (χ1) is 17.6. The number of benzene rings is 4. The number of allylic oxidation sites excluding steroid dienone is 1. The Morgan fingerprint density at radius 3 is 2.17 bits per heavy atom. The Bertz CT molecular complexity index is 1600. The molecule has 3 nitrogen and oxygen atoms in total. The van der Waals surface area contributed by atoms with E-state index >= 15 is 0 Å². The third-order valence-electron chi connectivity index (χ3n) is 6.87. The van der Waals surface area contributed by atoms with Crippen LogP contribution in [0.3, 0.4) is 0 Å². The standard InChI is InChI=1S/C32H25NO2S/c1-21(34)33-25-16-14-24(15-17-25)32(23-8-4-3-5-9-23)20-28(22-12-18-26(35-2)19-13-22)30-27-10-6-7-11-29(27)36-31(30)32/h3-20H,1-2H3,(H,33,34). The molecule has 1 unspecified atom stereocenters. The van der Waals surface area contributed by atoms with Gasteiger partial charge in [0, 0.05) is 33.1 Å². The summed E-state index contributed by atoms with van der Waals surface area (Å²) in [6, 6.07) is 35.9. The van der Waals surface area contributed by atoms with Gasteiger partial charge >= 0.3 is 0 Å². The summed E-state index contributed by atoms with van der Waals surface area (Å²) in [7, 11) is 1.69. The van der Waals surface area contributed by atoms with E-state index < -0.39 is 5.41 Å². The second-order valence-electron chi connectivity index (χ2n) is 9.02. The van der Waals surface area contributed by atoms with E-state index in [0.29, 0.717) is 0 Å². The molecule has 1 heterocycles. The lowest BCUT2D eigenvalue weighted by Crippen LogP contribution is -2.24. The van der Waals surface area contributed by atoms with Crippen molar-refractivity contribution in [1.29, 1.82) is 0 Å². The molecule has 0 saturated carbocycles. The maximum Gasteiger partial charge on any atom is 0.221 e. The molecule has 6 rings (SSSR count). The Kier molecular flexibility index (Phi) is 5.46. The first kappa shape index (κ1) is 22.3. The second kappa shape index (κ2) is 8.81.